The molecule has 0 bridgehead atoms. The number of hydrogen-bond acceptors (Lipinski definition) is 4. The smallest absolute Gasteiger partial charge is 0.191 e. The van der Waals surface area contributed by atoms with Crippen molar-refractivity contribution in [3.05, 3.63) is 5.82 Å². The van der Waals surface area contributed by atoms with Gasteiger partial charge in [-0.05, 0) is 24.6 Å². The molecule has 0 radical (unpaired) electrons. The lowest BCUT2D eigenvalue weighted by molar-refractivity contribution is 0.589. The van der Waals surface area contributed by atoms with Crippen LogP contribution in [0.2, 0.25) is 0 Å². The van der Waals surface area contributed by atoms with Crippen LogP contribution in [0.1, 0.15) is 24.7 Å². The molecule has 1 saturated heterocycles. The van der Waals surface area contributed by atoms with Crippen molar-refractivity contribution in [3.63, 3.8) is 0 Å². The Kier molecular flexibility index (Phi) is 1.58. The maximum absolute atomic E-state index is 4.12. The molecule has 2 heterocycles. The number of rotatable bonds is 1. The summed E-state index contributed by atoms with van der Waals surface area (Å²) < 4.78 is 0. The molecule has 2 rings (SSSR count). The largest absolute Gasteiger partial charge is 0.307 e. The van der Waals surface area contributed by atoms with Gasteiger partial charge in [0.05, 0.1) is 13.1 Å². The molecule has 1 aromatic heterocycles. The fraction of sp³-hybridized carbons (Fsp3) is 0.833. The summed E-state index contributed by atoms with van der Waals surface area (Å²) >= 11 is 0. The van der Waals surface area contributed by atoms with E-state index in [-0.39, 0.29) is 0 Å². The van der Waals surface area contributed by atoms with E-state index in [1.54, 1.807) is 7.05 Å². The highest BCUT2D eigenvalue weighted by Gasteiger charge is 2.19. The average molecular weight is 153 g/mol. The van der Waals surface area contributed by atoms with E-state index in [4.69, 9.17) is 0 Å². The molecule has 1 atom stereocenters. The van der Waals surface area contributed by atoms with Crippen LogP contribution in [0.25, 0.3) is 0 Å². The number of aryl methyl sites for hydroxylation is 1. The molecule has 0 saturated carbocycles. The van der Waals surface area contributed by atoms with E-state index in [0.717, 1.165) is 18.8 Å². The Morgan fingerprint density at radius 2 is 2.55 bits per heavy atom. The van der Waals surface area contributed by atoms with Crippen LogP contribution in [0, 0.1) is 0 Å². The lowest BCUT2D eigenvalue weighted by Crippen LogP contribution is -2.14. The van der Waals surface area contributed by atoms with Gasteiger partial charge >= 0.3 is 0 Å². The highest BCUT2D eigenvalue weighted by molar-refractivity contribution is 4.92. The number of aromatic nitrogens is 4. The van der Waals surface area contributed by atoms with Gasteiger partial charge in [-0.25, -0.2) is 0 Å². The van der Waals surface area contributed by atoms with Crippen LogP contribution < -0.4 is 5.32 Å². The predicted octanol–water partition coefficient (Wildman–Crippen LogP) is -0.365. The molecule has 0 aliphatic carbocycles. The standard InChI is InChI=1S/C6H11N5/c1-11-9-6(8-10-11)5-3-2-4-7-5/h5,7H,2-4H2,1H3/t5-/m0/s1. The van der Waals surface area contributed by atoms with Gasteiger partial charge in [0.1, 0.15) is 0 Å². The molecule has 0 spiro atoms. The average Bonchev–Trinajstić information content (AvgIpc) is 2.55. The van der Waals surface area contributed by atoms with Gasteiger partial charge in [0, 0.05) is 0 Å². The molecule has 0 aromatic carbocycles. The zero-order valence-corrected chi connectivity index (χ0v) is 6.49. The molecule has 1 aliphatic rings. The minimum Gasteiger partial charge on any atom is -0.307 e. The van der Waals surface area contributed by atoms with Gasteiger partial charge in [-0.2, -0.15) is 4.80 Å². The number of hydrogen-bond donors (Lipinski definition) is 1. The van der Waals surface area contributed by atoms with E-state index in [1.807, 2.05) is 0 Å². The summed E-state index contributed by atoms with van der Waals surface area (Å²) in [6, 6.07) is 0.337. The van der Waals surface area contributed by atoms with E-state index in [1.165, 1.54) is 11.2 Å². The first-order valence-electron chi connectivity index (χ1n) is 3.83. The van der Waals surface area contributed by atoms with Crippen molar-refractivity contribution in [1.82, 2.24) is 25.5 Å². The van der Waals surface area contributed by atoms with Crippen LogP contribution in [0.15, 0.2) is 0 Å². The van der Waals surface area contributed by atoms with Crippen LogP contribution >= 0.6 is 0 Å². The summed E-state index contributed by atoms with van der Waals surface area (Å²) in [5.41, 5.74) is 0. The summed E-state index contributed by atoms with van der Waals surface area (Å²) in [6.45, 7) is 1.07. The van der Waals surface area contributed by atoms with Crippen LogP contribution in [-0.4, -0.2) is 26.8 Å². The van der Waals surface area contributed by atoms with Crippen LogP contribution in [0.5, 0.6) is 0 Å². The molecule has 1 N–H and O–H groups in total. The fourth-order valence-electron chi connectivity index (χ4n) is 1.34. The molecule has 11 heavy (non-hydrogen) atoms. The molecular weight excluding hydrogens is 142 g/mol. The second-order valence-corrected chi connectivity index (χ2v) is 2.79. The highest BCUT2D eigenvalue weighted by atomic mass is 15.6. The van der Waals surface area contributed by atoms with Gasteiger partial charge in [0.15, 0.2) is 5.82 Å². The predicted molar refractivity (Wildman–Crippen MR) is 38.8 cm³/mol. The van der Waals surface area contributed by atoms with Crippen LogP contribution in [-0.2, 0) is 7.05 Å². The number of nitrogens with zero attached hydrogens (tertiary/aromatic N) is 4. The van der Waals surface area contributed by atoms with E-state index in [2.05, 4.69) is 20.7 Å². The first kappa shape index (κ1) is 6.72. The molecule has 0 amide bonds. The molecule has 1 aromatic rings. The third-order valence-corrected chi connectivity index (χ3v) is 1.90. The van der Waals surface area contributed by atoms with Crippen LogP contribution in [0.3, 0.4) is 0 Å². The molecule has 5 heteroatoms. The van der Waals surface area contributed by atoms with Crippen LogP contribution in [0.4, 0.5) is 0 Å². The number of tetrazole rings is 1. The van der Waals surface area contributed by atoms with E-state index in [9.17, 15) is 0 Å². The van der Waals surface area contributed by atoms with Gasteiger partial charge in [-0.1, -0.05) is 0 Å². The maximum atomic E-state index is 4.12. The summed E-state index contributed by atoms with van der Waals surface area (Å²) in [7, 11) is 1.78. The Bertz CT molecular complexity index is 237. The van der Waals surface area contributed by atoms with Crippen molar-refractivity contribution in [2.24, 2.45) is 7.05 Å². The maximum Gasteiger partial charge on any atom is 0.191 e. The zero-order chi connectivity index (χ0) is 7.68. The second kappa shape index (κ2) is 2.58. The molecule has 1 fully saturated rings. The molecule has 5 nitrogen and oxygen atoms in total. The minimum absolute atomic E-state index is 0.337. The second-order valence-electron chi connectivity index (χ2n) is 2.79. The summed E-state index contributed by atoms with van der Waals surface area (Å²) in [5.74, 6) is 0.824. The van der Waals surface area contributed by atoms with Crippen molar-refractivity contribution in [1.29, 1.82) is 0 Å². The monoisotopic (exact) mass is 153 g/mol. The lowest BCUT2D eigenvalue weighted by atomic mass is 10.2. The Labute approximate surface area is 64.8 Å². The Balaban J connectivity index is 2.15. The number of nitrogens with one attached hydrogen (secondary N) is 1. The summed E-state index contributed by atoms with van der Waals surface area (Å²) in [6.07, 6.45) is 2.34. The fourth-order valence-corrected chi connectivity index (χ4v) is 1.34. The SMILES string of the molecule is Cn1nnc([C@@H]2CCCN2)n1. The van der Waals surface area contributed by atoms with Crippen molar-refractivity contribution in [2.75, 3.05) is 6.54 Å². The quantitative estimate of drug-likeness (QED) is 0.598. The third kappa shape index (κ3) is 1.23. The minimum atomic E-state index is 0.337. The van der Waals surface area contributed by atoms with E-state index < -0.39 is 0 Å². The molecule has 60 valence electrons. The van der Waals surface area contributed by atoms with E-state index >= 15 is 0 Å². The molecular formula is C6H11N5. The topological polar surface area (TPSA) is 55.6 Å². The lowest BCUT2D eigenvalue weighted by Gasteiger charge is -2.01. The summed E-state index contributed by atoms with van der Waals surface area (Å²) in [5, 5.41) is 15.1. The Morgan fingerprint density at radius 1 is 1.64 bits per heavy atom. The molecule has 0 unspecified atom stereocenters. The van der Waals surface area contributed by atoms with Gasteiger partial charge in [-0.15, -0.1) is 10.2 Å². The third-order valence-electron chi connectivity index (χ3n) is 1.90. The Hall–Kier alpha value is -0.970. The summed E-state index contributed by atoms with van der Waals surface area (Å²) in [4.78, 5) is 1.50. The first-order valence-corrected chi connectivity index (χ1v) is 3.83. The van der Waals surface area contributed by atoms with Crippen molar-refractivity contribution < 1.29 is 0 Å². The van der Waals surface area contributed by atoms with Crippen molar-refractivity contribution >= 4 is 0 Å². The first-order chi connectivity index (χ1) is 5.36. The zero-order valence-electron chi connectivity index (χ0n) is 6.49. The van der Waals surface area contributed by atoms with E-state index in [0.29, 0.717) is 6.04 Å². The Morgan fingerprint density at radius 3 is 3.09 bits per heavy atom. The van der Waals surface area contributed by atoms with Gasteiger partial charge < -0.3 is 5.32 Å². The van der Waals surface area contributed by atoms with Gasteiger partial charge in [0.25, 0.3) is 0 Å². The van der Waals surface area contributed by atoms with Gasteiger partial charge in [0.2, 0.25) is 0 Å². The molecule has 1 aliphatic heterocycles. The normalized spacial score (nSPS) is 24.3. The van der Waals surface area contributed by atoms with Gasteiger partial charge in [-0.3, -0.25) is 0 Å². The van der Waals surface area contributed by atoms with Crippen molar-refractivity contribution in [3.8, 4) is 0 Å². The van der Waals surface area contributed by atoms with Crippen molar-refractivity contribution in [2.45, 2.75) is 18.9 Å². The highest BCUT2D eigenvalue weighted by Crippen LogP contribution is 2.18.